The van der Waals surface area contributed by atoms with E-state index in [2.05, 4.69) is 132 Å². The normalized spacial score (nSPS) is 12.6. The summed E-state index contributed by atoms with van der Waals surface area (Å²) in [5, 5.41) is 0. The topological polar surface area (TPSA) is 140 Å². The maximum Gasteiger partial charge on any atom is 0.130 e. The molecule has 0 fully saturated rings. The first-order valence-corrected chi connectivity index (χ1v) is 36.4. The van der Waals surface area contributed by atoms with Gasteiger partial charge in [0.2, 0.25) is 0 Å². The van der Waals surface area contributed by atoms with Crippen LogP contribution in [0.25, 0.3) is 45.6 Å². The number of aryl methyl sites for hydroxylation is 4. The Balaban J connectivity index is 1.07. The van der Waals surface area contributed by atoms with Crippen molar-refractivity contribution in [2.75, 3.05) is 0 Å². The second-order valence-electron chi connectivity index (χ2n) is 32.1. The standard InChI is InChI=1S/C92H96N8O4/c1-57-25-17-33-77(93-57)81-37-21-29-73(97-81)53-101-85-61-41-63-47-70(90(8,9)10)49-65(86(63)102-54-74-30-22-38-82(98-74)78-34-18-26-58(2)94-78)43-67-51-72(92(14,15)16)52-68(88(67)104-56-76-32-24-40-84(100-76)80-36-20-28-60(4)96-80)44-66-50-71(91(11,12)13)48-64(42-62(85)46-69(45-61)89(5,6)7)87(66)103-55-75-31-23-39-83(99-75)79-35-19-27-59(3)95-79/h17-40,45-52H,41-44,53-56H2,1-16H3. The molecule has 4 aromatic carbocycles. The smallest absolute Gasteiger partial charge is 0.130 e. The first kappa shape index (κ1) is 71.7. The Morgan fingerprint density at radius 2 is 0.394 bits per heavy atom. The molecule has 12 heteroatoms. The third-order valence-corrected chi connectivity index (χ3v) is 19.2. The molecule has 0 radical (unpaired) electrons. The molecule has 8 aromatic heterocycles. The van der Waals surface area contributed by atoms with E-state index in [-0.39, 0.29) is 48.1 Å². The molecule has 8 heterocycles. The van der Waals surface area contributed by atoms with Crippen LogP contribution in [0.1, 0.15) is 195 Å². The lowest BCUT2D eigenvalue weighted by atomic mass is 9.79. The van der Waals surface area contributed by atoms with Crippen LogP contribution in [0.3, 0.4) is 0 Å². The number of fused-ring (bicyclic) bond motifs is 8. The van der Waals surface area contributed by atoms with Gasteiger partial charge in [0, 0.05) is 48.5 Å². The fourth-order valence-corrected chi connectivity index (χ4v) is 13.5. The van der Waals surface area contributed by atoms with Crippen LogP contribution in [0.5, 0.6) is 23.0 Å². The molecule has 104 heavy (non-hydrogen) atoms. The summed E-state index contributed by atoms with van der Waals surface area (Å²) in [5.74, 6) is 3.11. The van der Waals surface area contributed by atoms with E-state index in [4.69, 9.17) is 58.8 Å². The van der Waals surface area contributed by atoms with E-state index < -0.39 is 0 Å². The Bertz CT molecular complexity index is 4430. The summed E-state index contributed by atoms with van der Waals surface area (Å²) in [4.78, 5) is 40.5. The summed E-state index contributed by atoms with van der Waals surface area (Å²) >= 11 is 0. The van der Waals surface area contributed by atoms with Crippen molar-refractivity contribution in [3.8, 4) is 68.5 Å². The summed E-state index contributed by atoms with van der Waals surface area (Å²) < 4.78 is 30.2. The maximum absolute atomic E-state index is 7.56. The molecule has 13 rings (SSSR count). The highest BCUT2D eigenvalue weighted by molar-refractivity contribution is 5.62. The van der Waals surface area contributed by atoms with Gasteiger partial charge in [-0.25, -0.2) is 19.9 Å². The Hall–Kier alpha value is -10.7. The van der Waals surface area contributed by atoms with Gasteiger partial charge in [0.15, 0.2) is 0 Å². The lowest BCUT2D eigenvalue weighted by Gasteiger charge is -2.29. The molecule has 0 amide bonds. The van der Waals surface area contributed by atoms with Gasteiger partial charge in [0.25, 0.3) is 0 Å². The number of pyridine rings is 8. The number of hydrogen-bond acceptors (Lipinski definition) is 12. The first-order valence-electron chi connectivity index (χ1n) is 36.4. The number of hydrogen-bond donors (Lipinski definition) is 0. The molecular formula is C92H96N8O4. The second kappa shape index (κ2) is 29.6. The van der Waals surface area contributed by atoms with Gasteiger partial charge >= 0.3 is 0 Å². The molecule has 0 aliphatic heterocycles. The highest BCUT2D eigenvalue weighted by Gasteiger charge is 2.31. The molecule has 1 aliphatic carbocycles. The summed E-state index contributed by atoms with van der Waals surface area (Å²) in [6.07, 6.45) is 1.79. The van der Waals surface area contributed by atoms with Gasteiger partial charge < -0.3 is 18.9 Å². The lowest BCUT2D eigenvalue weighted by Crippen LogP contribution is -2.18. The number of aromatic nitrogens is 8. The minimum Gasteiger partial charge on any atom is -0.487 e. The number of rotatable bonds is 16. The van der Waals surface area contributed by atoms with Crippen LogP contribution in [0.2, 0.25) is 0 Å². The fourth-order valence-electron chi connectivity index (χ4n) is 13.5. The van der Waals surface area contributed by atoms with Gasteiger partial charge in [-0.1, -0.05) is 180 Å². The molecule has 12 aromatic rings. The lowest BCUT2D eigenvalue weighted by molar-refractivity contribution is 0.288. The van der Waals surface area contributed by atoms with Crippen LogP contribution in [0.4, 0.5) is 0 Å². The Morgan fingerprint density at radius 1 is 0.231 bits per heavy atom. The minimum absolute atomic E-state index is 0.188. The molecule has 0 saturated carbocycles. The summed E-state index contributed by atoms with van der Waals surface area (Å²) in [5.41, 5.74) is 24.8. The molecule has 8 bridgehead atoms. The second-order valence-corrected chi connectivity index (χ2v) is 32.1. The molecule has 12 nitrogen and oxygen atoms in total. The van der Waals surface area contributed by atoms with Crippen molar-refractivity contribution >= 4 is 0 Å². The van der Waals surface area contributed by atoms with Gasteiger partial charge in [0.05, 0.1) is 68.3 Å². The fraction of sp³-hybridized carbons (Fsp3) is 0.304. The van der Waals surface area contributed by atoms with E-state index >= 15 is 0 Å². The zero-order valence-electron chi connectivity index (χ0n) is 63.3. The quantitative estimate of drug-likeness (QED) is 0.0909. The Labute approximate surface area is 614 Å². The van der Waals surface area contributed by atoms with E-state index in [1.165, 1.54) is 22.3 Å². The average molecular weight is 1380 g/mol. The number of nitrogens with zero attached hydrogens (tertiary/aromatic N) is 8. The minimum atomic E-state index is -0.293. The van der Waals surface area contributed by atoms with E-state index in [9.17, 15) is 0 Å². The van der Waals surface area contributed by atoms with Gasteiger partial charge in [-0.15, -0.1) is 0 Å². The molecule has 0 unspecified atom stereocenters. The maximum atomic E-state index is 7.56. The largest absolute Gasteiger partial charge is 0.487 e. The third-order valence-electron chi connectivity index (χ3n) is 19.2. The molecule has 0 saturated heterocycles. The summed E-state index contributed by atoms with van der Waals surface area (Å²) in [7, 11) is 0. The number of ether oxygens (including phenoxy) is 4. The molecule has 0 atom stereocenters. The predicted octanol–water partition coefficient (Wildman–Crippen LogP) is 20.9. The van der Waals surface area contributed by atoms with Crippen LogP contribution < -0.4 is 18.9 Å². The third kappa shape index (κ3) is 17.0. The van der Waals surface area contributed by atoms with Crippen LogP contribution >= 0.6 is 0 Å². The van der Waals surface area contributed by atoms with Crippen molar-refractivity contribution in [2.24, 2.45) is 0 Å². The van der Waals surface area contributed by atoms with Crippen LogP contribution in [0.15, 0.2) is 194 Å². The zero-order valence-corrected chi connectivity index (χ0v) is 63.3. The van der Waals surface area contributed by atoms with Crippen molar-refractivity contribution < 1.29 is 18.9 Å². The van der Waals surface area contributed by atoms with Gasteiger partial charge in [-0.05, 0) is 213 Å². The SMILES string of the molecule is Cc1cccc(-c2cccc(COc3c4cc(C(C)(C)C)cc3Cc3cc(C(C)(C)C)cc(c3OCc3cccc(-c5cccc(C)n5)n3)Cc3cc(C(C)(C)C)cc(c3OCc3cccc(-c5cccc(C)n5)n3)Cc3cc(C(C)(C)C)cc(c3OCc3cccc(-c5cccc(C)n5)n3)C4)n2)n1. The Kier molecular flexibility index (Phi) is 20.4. The first-order chi connectivity index (χ1) is 49.6. The molecule has 0 N–H and O–H groups in total. The van der Waals surface area contributed by atoms with E-state index in [1.54, 1.807) is 0 Å². The molecule has 1 aliphatic rings. The van der Waals surface area contributed by atoms with Crippen molar-refractivity contribution in [3.63, 3.8) is 0 Å². The van der Waals surface area contributed by atoms with Crippen molar-refractivity contribution in [1.82, 2.24) is 39.9 Å². The van der Waals surface area contributed by atoms with E-state index in [0.29, 0.717) is 25.7 Å². The Morgan fingerprint density at radius 3 is 0.558 bits per heavy atom. The zero-order chi connectivity index (χ0) is 73.2. The van der Waals surface area contributed by atoms with Gasteiger partial charge in [0.1, 0.15) is 49.4 Å². The molecule has 0 spiro atoms. The van der Waals surface area contributed by atoms with Crippen LogP contribution in [-0.2, 0) is 73.8 Å². The highest BCUT2D eigenvalue weighted by atomic mass is 16.5. The van der Waals surface area contributed by atoms with E-state index in [0.717, 1.165) is 159 Å². The molecular weight excluding hydrogens is 1280 g/mol. The predicted molar refractivity (Wildman–Crippen MR) is 418 cm³/mol. The van der Waals surface area contributed by atoms with Crippen LogP contribution in [-0.4, -0.2) is 39.9 Å². The van der Waals surface area contributed by atoms with Crippen molar-refractivity contribution in [1.29, 1.82) is 0 Å². The summed E-state index contributed by atoms with van der Waals surface area (Å²) in [6, 6.07) is 67.6. The van der Waals surface area contributed by atoms with Gasteiger partial charge in [-0.3, -0.25) is 19.9 Å². The van der Waals surface area contributed by atoms with Gasteiger partial charge in [-0.2, -0.15) is 0 Å². The monoisotopic (exact) mass is 1380 g/mol. The van der Waals surface area contributed by atoms with Crippen molar-refractivity contribution in [2.45, 2.75) is 185 Å². The summed E-state index contributed by atoms with van der Waals surface area (Å²) in [6.45, 7) is 36.3. The van der Waals surface area contributed by atoms with E-state index in [1.807, 2.05) is 173 Å². The average Bonchev–Trinajstić information content (AvgIpc) is 0.758. The van der Waals surface area contributed by atoms with Crippen molar-refractivity contribution in [3.05, 3.63) is 306 Å². The van der Waals surface area contributed by atoms with Crippen LogP contribution in [0, 0.1) is 27.7 Å². The number of benzene rings is 4. The highest BCUT2D eigenvalue weighted by Crippen LogP contribution is 2.46. The molecule has 528 valence electrons.